The number of rotatable bonds is 6. The predicted molar refractivity (Wildman–Crippen MR) is 168 cm³/mol. The van der Waals surface area contributed by atoms with E-state index in [0.717, 1.165) is 6.42 Å². The van der Waals surface area contributed by atoms with Gasteiger partial charge in [-0.1, -0.05) is 42.2 Å². The number of para-hydroxylation sites is 1. The molecule has 0 aliphatic carbocycles. The van der Waals surface area contributed by atoms with Crippen LogP contribution in [0.5, 0.6) is 0 Å². The number of hydrogen-bond acceptors (Lipinski definition) is 7. The highest BCUT2D eigenvalue weighted by atomic mass is 16.5. The molecule has 3 aromatic heterocycles. The van der Waals surface area contributed by atoms with Crippen molar-refractivity contribution < 1.29 is 14.3 Å². The molecule has 2 aromatic carbocycles. The third-order valence-electron chi connectivity index (χ3n) is 7.58. The van der Waals surface area contributed by atoms with Crippen molar-refractivity contribution in [1.29, 1.82) is 0 Å². The number of pyridine rings is 3. The standard InChI is InChI=1S/C34H30N6O4/c1-21(39-33(42)29-30-24(12-7-16-36-30)20-38-31(29)35)26-19-23-10-5-9-22(11-6-17-37-32(41)27-15-8-18-44-27)28(23)34(43)40(26)25-13-3-2-4-14-25/h2-5,7,9-10,12-14,16,19-21,27H,8,15,17-18H2,1H3,(H2,35,38)(H,37,41)(H,39,42)/t21?,27-/m1/s1. The largest absolute Gasteiger partial charge is 0.383 e. The van der Waals surface area contributed by atoms with Gasteiger partial charge in [0.05, 0.1) is 23.5 Å². The van der Waals surface area contributed by atoms with Crippen molar-refractivity contribution in [3.8, 4) is 17.5 Å². The van der Waals surface area contributed by atoms with Crippen LogP contribution in [-0.4, -0.2) is 45.6 Å². The molecule has 1 aliphatic heterocycles. The summed E-state index contributed by atoms with van der Waals surface area (Å²) in [6, 6.07) is 19.5. The fraction of sp³-hybridized carbons (Fsp3) is 0.206. The number of hydrogen-bond donors (Lipinski definition) is 3. The summed E-state index contributed by atoms with van der Waals surface area (Å²) in [5.74, 6) is 5.46. The zero-order valence-corrected chi connectivity index (χ0v) is 24.0. The summed E-state index contributed by atoms with van der Waals surface area (Å²) in [6.07, 6.45) is 4.30. The number of anilines is 1. The number of carbonyl (C=O) groups is 2. The molecule has 44 heavy (non-hydrogen) atoms. The maximum absolute atomic E-state index is 14.2. The van der Waals surface area contributed by atoms with Crippen molar-refractivity contribution in [2.75, 3.05) is 18.9 Å². The first kappa shape index (κ1) is 28.6. The van der Waals surface area contributed by atoms with E-state index in [0.29, 0.717) is 51.6 Å². The van der Waals surface area contributed by atoms with Crippen molar-refractivity contribution in [3.63, 3.8) is 0 Å². The highest BCUT2D eigenvalue weighted by molar-refractivity contribution is 6.09. The molecule has 4 N–H and O–H groups in total. The second kappa shape index (κ2) is 12.4. The van der Waals surface area contributed by atoms with Crippen molar-refractivity contribution >= 4 is 39.3 Å². The van der Waals surface area contributed by atoms with Gasteiger partial charge in [0.1, 0.15) is 17.5 Å². The molecule has 1 aliphatic rings. The third kappa shape index (κ3) is 5.61. The van der Waals surface area contributed by atoms with Gasteiger partial charge in [0.2, 0.25) is 5.91 Å². The number of nitrogens with two attached hydrogens (primary N) is 1. The smallest absolute Gasteiger partial charge is 0.264 e. The highest BCUT2D eigenvalue weighted by Gasteiger charge is 2.24. The number of nitrogens with zero attached hydrogens (tertiary/aromatic N) is 3. The Labute approximate surface area is 253 Å². The first-order valence-corrected chi connectivity index (χ1v) is 14.3. The van der Waals surface area contributed by atoms with Gasteiger partial charge in [-0.05, 0) is 61.5 Å². The lowest BCUT2D eigenvalue weighted by molar-refractivity contribution is -0.129. The van der Waals surface area contributed by atoms with Gasteiger partial charge in [-0.15, -0.1) is 0 Å². The quantitative estimate of drug-likeness (QED) is 0.258. The minimum absolute atomic E-state index is 0.0648. The Hall–Kier alpha value is -5.53. The molecule has 5 aromatic rings. The lowest BCUT2D eigenvalue weighted by atomic mass is 10.0. The highest BCUT2D eigenvalue weighted by Crippen LogP contribution is 2.25. The van der Waals surface area contributed by atoms with Crippen molar-refractivity contribution in [2.24, 2.45) is 0 Å². The summed E-state index contributed by atoms with van der Waals surface area (Å²) < 4.78 is 7.00. The van der Waals surface area contributed by atoms with Crippen molar-refractivity contribution in [2.45, 2.75) is 31.9 Å². The van der Waals surface area contributed by atoms with E-state index in [1.54, 1.807) is 36.0 Å². The summed E-state index contributed by atoms with van der Waals surface area (Å²) in [6.45, 7) is 2.52. The molecule has 0 saturated carbocycles. The number of aromatic nitrogens is 3. The van der Waals surface area contributed by atoms with Crippen LogP contribution >= 0.6 is 0 Å². The first-order valence-electron chi connectivity index (χ1n) is 14.3. The second-order valence-electron chi connectivity index (χ2n) is 10.5. The normalized spacial score (nSPS) is 15.0. The summed E-state index contributed by atoms with van der Waals surface area (Å²) >= 11 is 0. The number of nitrogens with one attached hydrogen (secondary N) is 2. The molecule has 4 heterocycles. The van der Waals surface area contributed by atoms with Crippen molar-refractivity contribution in [1.82, 2.24) is 25.2 Å². The minimum Gasteiger partial charge on any atom is -0.383 e. The van der Waals surface area contributed by atoms with Crippen LogP contribution in [0.4, 0.5) is 5.82 Å². The Kier molecular flexibility index (Phi) is 8.04. The Morgan fingerprint density at radius 2 is 1.91 bits per heavy atom. The Bertz CT molecular complexity index is 2010. The molecule has 6 rings (SSSR count). The van der Waals surface area contributed by atoms with E-state index in [1.807, 2.05) is 54.6 Å². The molecule has 0 bridgehead atoms. The average molecular weight is 587 g/mol. The van der Waals surface area contributed by atoms with Crippen LogP contribution in [0.25, 0.3) is 27.4 Å². The Balaban J connectivity index is 1.37. The van der Waals surface area contributed by atoms with Gasteiger partial charge >= 0.3 is 0 Å². The van der Waals surface area contributed by atoms with Gasteiger partial charge in [-0.2, -0.15) is 0 Å². The lowest BCUT2D eigenvalue weighted by Crippen LogP contribution is -2.34. The summed E-state index contributed by atoms with van der Waals surface area (Å²) in [5.41, 5.74) is 8.19. The second-order valence-corrected chi connectivity index (χ2v) is 10.5. The number of nitrogen functional groups attached to an aromatic ring is 1. The molecule has 1 saturated heterocycles. The fourth-order valence-corrected chi connectivity index (χ4v) is 5.44. The molecule has 220 valence electrons. The molecular weight excluding hydrogens is 556 g/mol. The van der Waals surface area contributed by atoms with Gasteiger partial charge in [-0.25, -0.2) is 4.98 Å². The molecule has 0 spiro atoms. The van der Waals surface area contributed by atoms with E-state index in [-0.39, 0.29) is 29.4 Å². The van der Waals surface area contributed by atoms with Gasteiger partial charge in [-0.3, -0.25) is 23.9 Å². The molecular formula is C34H30N6O4. The van der Waals surface area contributed by atoms with E-state index < -0.39 is 18.1 Å². The molecule has 10 nitrogen and oxygen atoms in total. The zero-order valence-electron chi connectivity index (χ0n) is 24.0. The fourth-order valence-electron chi connectivity index (χ4n) is 5.44. The summed E-state index contributed by atoms with van der Waals surface area (Å²) in [7, 11) is 0. The number of benzene rings is 2. The molecule has 0 radical (unpaired) electrons. The van der Waals surface area contributed by atoms with Crippen LogP contribution in [0.1, 0.15) is 47.4 Å². The van der Waals surface area contributed by atoms with Gasteiger partial charge in [0.15, 0.2) is 0 Å². The monoisotopic (exact) mass is 586 g/mol. The van der Waals surface area contributed by atoms with E-state index in [4.69, 9.17) is 10.5 Å². The Morgan fingerprint density at radius 1 is 1.09 bits per heavy atom. The van der Waals surface area contributed by atoms with Crippen LogP contribution in [0.2, 0.25) is 0 Å². The van der Waals surface area contributed by atoms with E-state index in [2.05, 4.69) is 32.4 Å². The van der Waals surface area contributed by atoms with Crippen LogP contribution in [-0.2, 0) is 9.53 Å². The maximum Gasteiger partial charge on any atom is 0.264 e. The predicted octanol–water partition coefficient (Wildman–Crippen LogP) is 3.65. The SMILES string of the molecule is CC(NC(=O)c1c(N)ncc2cccnc12)c1cc2cccc(C#CCNC(=O)[C@H]3CCCO3)c2c(=O)n1-c1ccccc1. The van der Waals surface area contributed by atoms with E-state index in [1.165, 1.54) is 0 Å². The number of fused-ring (bicyclic) bond motifs is 2. The number of carbonyl (C=O) groups excluding carboxylic acids is 2. The van der Waals surface area contributed by atoms with Crippen LogP contribution in [0, 0.1) is 11.8 Å². The number of amides is 2. The van der Waals surface area contributed by atoms with E-state index >= 15 is 0 Å². The van der Waals surface area contributed by atoms with Crippen LogP contribution in [0.15, 0.2) is 83.9 Å². The molecule has 2 atom stereocenters. The summed E-state index contributed by atoms with van der Waals surface area (Å²) in [4.78, 5) is 48.6. The minimum atomic E-state index is -0.610. The first-order chi connectivity index (χ1) is 21.4. The molecule has 1 unspecified atom stereocenters. The van der Waals surface area contributed by atoms with Crippen LogP contribution in [0.3, 0.4) is 0 Å². The average Bonchev–Trinajstić information content (AvgIpc) is 3.58. The Morgan fingerprint density at radius 3 is 2.70 bits per heavy atom. The molecule has 1 fully saturated rings. The molecule has 10 heteroatoms. The zero-order chi connectivity index (χ0) is 30.6. The lowest BCUT2D eigenvalue weighted by Gasteiger charge is -2.21. The third-order valence-corrected chi connectivity index (χ3v) is 7.58. The van der Waals surface area contributed by atoms with E-state index in [9.17, 15) is 14.4 Å². The van der Waals surface area contributed by atoms with Gasteiger partial charge in [0.25, 0.3) is 11.5 Å². The van der Waals surface area contributed by atoms with Crippen molar-refractivity contribution in [3.05, 3.63) is 106 Å². The topological polar surface area (TPSA) is 141 Å². The number of ether oxygens (including phenoxy) is 1. The molecule has 2 amide bonds. The van der Waals surface area contributed by atoms with Crippen LogP contribution < -0.4 is 21.9 Å². The maximum atomic E-state index is 14.2. The summed E-state index contributed by atoms with van der Waals surface area (Å²) in [5, 5.41) is 7.58. The van der Waals surface area contributed by atoms with Gasteiger partial charge in [0, 0.05) is 41.3 Å². The van der Waals surface area contributed by atoms with Gasteiger partial charge < -0.3 is 21.1 Å².